The SMILES string of the molecule is O=C(O)CC[C@H](NC(=O)[C@H](CCC(=O)O)NC(=O)CN(CCOCCCO)CCOCCCO)C(=O)O. The number of hydrogen-bond donors (Lipinski definition) is 7. The van der Waals surface area contributed by atoms with Crippen molar-refractivity contribution in [2.75, 3.05) is 59.3 Å². The monoisotopic (exact) mass is 537 g/mol. The fourth-order valence-corrected chi connectivity index (χ4v) is 2.97. The predicted molar refractivity (Wildman–Crippen MR) is 127 cm³/mol. The van der Waals surface area contributed by atoms with Gasteiger partial charge in [-0.2, -0.15) is 0 Å². The van der Waals surface area contributed by atoms with E-state index in [1.54, 1.807) is 4.90 Å². The minimum Gasteiger partial charge on any atom is -0.481 e. The number of rotatable bonds is 24. The van der Waals surface area contributed by atoms with Crippen LogP contribution in [0.25, 0.3) is 0 Å². The lowest BCUT2D eigenvalue weighted by atomic mass is 10.1. The highest BCUT2D eigenvalue weighted by Crippen LogP contribution is 2.04. The Labute approximate surface area is 214 Å². The third kappa shape index (κ3) is 19.0. The van der Waals surface area contributed by atoms with Crippen molar-refractivity contribution in [1.29, 1.82) is 0 Å². The van der Waals surface area contributed by atoms with Gasteiger partial charge in [-0.1, -0.05) is 0 Å². The van der Waals surface area contributed by atoms with Gasteiger partial charge in [0.25, 0.3) is 0 Å². The van der Waals surface area contributed by atoms with E-state index in [2.05, 4.69) is 10.6 Å². The number of nitrogens with zero attached hydrogens (tertiary/aromatic N) is 1. The van der Waals surface area contributed by atoms with Crippen molar-refractivity contribution in [2.24, 2.45) is 0 Å². The summed E-state index contributed by atoms with van der Waals surface area (Å²) in [5, 5.41) is 49.2. The molecule has 2 atom stereocenters. The van der Waals surface area contributed by atoms with Crippen molar-refractivity contribution < 1.29 is 59.0 Å². The first-order valence-corrected chi connectivity index (χ1v) is 12.0. The summed E-state index contributed by atoms with van der Waals surface area (Å²) in [6, 6.07) is -2.89. The fraction of sp³-hybridized carbons (Fsp3) is 0.773. The summed E-state index contributed by atoms with van der Waals surface area (Å²) >= 11 is 0. The topological polar surface area (TPSA) is 232 Å². The molecule has 0 rings (SSSR count). The second kappa shape index (κ2) is 21.3. The van der Waals surface area contributed by atoms with E-state index in [1.807, 2.05) is 0 Å². The molecular formula is C22H39N3O12. The van der Waals surface area contributed by atoms with Gasteiger partial charge < -0.3 is 45.6 Å². The van der Waals surface area contributed by atoms with Gasteiger partial charge in [-0.3, -0.25) is 24.1 Å². The Morgan fingerprint density at radius 2 is 1.19 bits per heavy atom. The molecule has 15 heteroatoms. The number of aliphatic carboxylic acids is 3. The van der Waals surface area contributed by atoms with Crippen LogP contribution >= 0.6 is 0 Å². The number of amides is 2. The molecule has 7 N–H and O–H groups in total. The van der Waals surface area contributed by atoms with E-state index in [4.69, 9.17) is 29.9 Å². The van der Waals surface area contributed by atoms with Crippen LogP contribution in [0.2, 0.25) is 0 Å². The van der Waals surface area contributed by atoms with Crippen molar-refractivity contribution >= 4 is 29.7 Å². The molecule has 0 bridgehead atoms. The van der Waals surface area contributed by atoms with E-state index in [9.17, 15) is 29.1 Å². The van der Waals surface area contributed by atoms with Crippen LogP contribution in [-0.2, 0) is 33.4 Å². The normalized spacial score (nSPS) is 12.6. The molecule has 15 nitrogen and oxygen atoms in total. The zero-order valence-electron chi connectivity index (χ0n) is 20.8. The first-order chi connectivity index (χ1) is 17.6. The van der Waals surface area contributed by atoms with Crippen molar-refractivity contribution in [3.63, 3.8) is 0 Å². The first-order valence-electron chi connectivity index (χ1n) is 12.0. The molecule has 0 saturated carbocycles. The molecule has 0 radical (unpaired) electrons. The van der Waals surface area contributed by atoms with Crippen LogP contribution in [0.4, 0.5) is 0 Å². The van der Waals surface area contributed by atoms with Crippen LogP contribution in [0, 0.1) is 0 Å². The molecule has 0 aromatic rings. The maximum Gasteiger partial charge on any atom is 0.326 e. The zero-order chi connectivity index (χ0) is 28.1. The molecule has 214 valence electrons. The number of carboxylic acid groups (broad SMARTS) is 3. The van der Waals surface area contributed by atoms with Crippen molar-refractivity contribution in [1.82, 2.24) is 15.5 Å². The van der Waals surface area contributed by atoms with Gasteiger partial charge in [0.05, 0.1) is 19.8 Å². The average Bonchev–Trinajstić information content (AvgIpc) is 2.83. The van der Waals surface area contributed by atoms with Crippen molar-refractivity contribution in [3.05, 3.63) is 0 Å². The standard InChI is InChI=1S/C22H39N3O12/c26-9-1-11-36-13-7-25(8-14-37-12-2-10-27)15-18(28)23-16(3-5-19(29)30)21(33)24-17(22(34)35)4-6-20(31)32/h16-17,26-27H,1-15H2,(H,23,28)(H,24,33)(H,29,30)(H,31,32)(H,34,35)/t16-,17-/m0/s1. The van der Waals surface area contributed by atoms with Crippen molar-refractivity contribution in [2.45, 2.75) is 50.6 Å². The third-order valence-corrected chi connectivity index (χ3v) is 4.92. The molecule has 0 heterocycles. The van der Waals surface area contributed by atoms with Crippen molar-refractivity contribution in [3.8, 4) is 0 Å². The molecule has 0 aliphatic carbocycles. The second-order valence-electron chi connectivity index (χ2n) is 8.04. The van der Waals surface area contributed by atoms with E-state index in [0.29, 0.717) is 39.1 Å². The molecule has 0 aromatic carbocycles. The molecule has 0 unspecified atom stereocenters. The Kier molecular flexibility index (Phi) is 19.6. The Bertz CT molecular complexity index is 692. The van der Waals surface area contributed by atoms with E-state index in [1.165, 1.54) is 0 Å². The second-order valence-corrected chi connectivity index (χ2v) is 8.04. The summed E-state index contributed by atoms with van der Waals surface area (Å²) in [5.41, 5.74) is 0. The first kappa shape index (κ1) is 34.1. The summed E-state index contributed by atoms with van der Waals surface area (Å²) in [6.07, 6.45) is -0.793. The van der Waals surface area contributed by atoms with Gasteiger partial charge in [0.2, 0.25) is 11.8 Å². The minimum absolute atomic E-state index is 0.0242. The molecule has 0 fully saturated rings. The number of ether oxygens (including phenoxy) is 2. The number of carbonyl (C=O) groups is 5. The van der Waals surface area contributed by atoms with Crippen LogP contribution in [0.3, 0.4) is 0 Å². The maximum atomic E-state index is 12.7. The van der Waals surface area contributed by atoms with Gasteiger partial charge >= 0.3 is 17.9 Å². The summed E-state index contributed by atoms with van der Waals surface area (Å²) in [6.45, 7) is 1.52. The lowest BCUT2D eigenvalue weighted by molar-refractivity contribution is -0.144. The maximum absolute atomic E-state index is 12.7. The van der Waals surface area contributed by atoms with Gasteiger partial charge in [-0.05, 0) is 25.7 Å². The number of aliphatic hydroxyl groups is 2. The summed E-state index contributed by atoms with van der Waals surface area (Å²) in [5.74, 6) is -5.52. The minimum atomic E-state index is -1.53. The number of aliphatic hydroxyl groups excluding tert-OH is 2. The van der Waals surface area contributed by atoms with E-state index < -0.39 is 61.1 Å². The molecular weight excluding hydrogens is 498 g/mol. The Morgan fingerprint density at radius 3 is 1.62 bits per heavy atom. The number of nitrogens with one attached hydrogen (secondary N) is 2. The largest absolute Gasteiger partial charge is 0.481 e. The molecule has 2 amide bonds. The lowest BCUT2D eigenvalue weighted by Crippen LogP contribution is -2.53. The molecule has 0 aliphatic heterocycles. The zero-order valence-corrected chi connectivity index (χ0v) is 20.8. The average molecular weight is 538 g/mol. The smallest absolute Gasteiger partial charge is 0.326 e. The van der Waals surface area contributed by atoms with Gasteiger partial charge in [-0.15, -0.1) is 0 Å². The molecule has 0 spiro atoms. The fourth-order valence-electron chi connectivity index (χ4n) is 2.97. The third-order valence-electron chi connectivity index (χ3n) is 4.92. The van der Waals surface area contributed by atoms with Crippen LogP contribution in [0.15, 0.2) is 0 Å². The predicted octanol–water partition coefficient (Wildman–Crippen LogP) is -2.13. The van der Waals surface area contributed by atoms with Crippen LogP contribution < -0.4 is 10.6 Å². The van der Waals surface area contributed by atoms with Gasteiger partial charge in [0.15, 0.2) is 0 Å². The summed E-state index contributed by atoms with van der Waals surface area (Å²) in [7, 11) is 0. The Balaban J connectivity index is 5.16. The van der Waals surface area contributed by atoms with Gasteiger partial charge in [0, 0.05) is 52.4 Å². The molecule has 0 saturated heterocycles. The van der Waals surface area contributed by atoms with E-state index >= 15 is 0 Å². The van der Waals surface area contributed by atoms with Gasteiger partial charge in [-0.25, -0.2) is 4.79 Å². The molecule has 37 heavy (non-hydrogen) atoms. The highest BCUT2D eigenvalue weighted by Gasteiger charge is 2.28. The molecule has 0 aromatic heterocycles. The van der Waals surface area contributed by atoms with Crippen LogP contribution in [0.1, 0.15) is 38.5 Å². The number of carboxylic acids is 3. The number of hydrogen-bond acceptors (Lipinski definition) is 10. The lowest BCUT2D eigenvalue weighted by Gasteiger charge is -2.24. The number of carbonyl (C=O) groups excluding carboxylic acids is 2. The highest BCUT2D eigenvalue weighted by atomic mass is 16.5. The summed E-state index contributed by atoms with van der Waals surface area (Å²) < 4.78 is 10.8. The van der Waals surface area contributed by atoms with Crippen LogP contribution in [0.5, 0.6) is 0 Å². The Morgan fingerprint density at radius 1 is 0.703 bits per heavy atom. The summed E-state index contributed by atoms with van der Waals surface area (Å²) in [4.78, 5) is 60.2. The van der Waals surface area contributed by atoms with Crippen LogP contribution in [-0.4, -0.2) is 132 Å². The highest BCUT2D eigenvalue weighted by molar-refractivity contribution is 5.91. The van der Waals surface area contributed by atoms with E-state index in [-0.39, 0.29) is 39.4 Å². The molecule has 0 aliphatic rings. The quantitative estimate of drug-likeness (QED) is 0.0653. The van der Waals surface area contributed by atoms with Gasteiger partial charge in [0.1, 0.15) is 12.1 Å². The Hall–Kier alpha value is -2.85. The van der Waals surface area contributed by atoms with E-state index in [0.717, 1.165) is 0 Å².